The summed E-state index contributed by atoms with van der Waals surface area (Å²) >= 11 is 0. The van der Waals surface area contributed by atoms with E-state index < -0.39 is 6.10 Å². The molecule has 1 unspecified atom stereocenters. The van der Waals surface area contributed by atoms with Crippen molar-refractivity contribution in [3.8, 4) is 0 Å². The molecule has 0 radical (unpaired) electrons. The van der Waals surface area contributed by atoms with Gasteiger partial charge < -0.3 is 14.2 Å². The first-order valence-corrected chi connectivity index (χ1v) is 31.2. The van der Waals surface area contributed by atoms with Gasteiger partial charge >= 0.3 is 17.9 Å². The summed E-state index contributed by atoms with van der Waals surface area (Å²) in [6.07, 6.45) is 68.0. The van der Waals surface area contributed by atoms with Gasteiger partial charge in [0.05, 0.1) is 0 Å². The number of ether oxygens (including phenoxy) is 3. The van der Waals surface area contributed by atoms with Gasteiger partial charge in [0, 0.05) is 19.3 Å². The van der Waals surface area contributed by atoms with Crippen molar-refractivity contribution in [3.05, 3.63) is 12.2 Å². The van der Waals surface area contributed by atoms with Gasteiger partial charge in [0.1, 0.15) is 13.2 Å². The highest BCUT2D eigenvalue weighted by Gasteiger charge is 2.19. The zero-order chi connectivity index (χ0) is 50.0. The van der Waals surface area contributed by atoms with Crippen LogP contribution in [0.4, 0.5) is 0 Å². The molecule has 0 fully saturated rings. The quantitative estimate of drug-likeness (QED) is 0.0261. The minimum atomic E-state index is -0.766. The van der Waals surface area contributed by atoms with Gasteiger partial charge in [0.25, 0.3) is 0 Å². The third-order valence-corrected chi connectivity index (χ3v) is 14.3. The van der Waals surface area contributed by atoms with E-state index in [-0.39, 0.29) is 31.1 Å². The van der Waals surface area contributed by atoms with Gasteiger partial charge in [-0.15, -0.1) is 0 Å². The van der Waals surface area contributed by atoms with Crippen LogP contribution in [0.5, 0.6) is 0 Å². The summed E-state index contributed by atoms with van der Waals surface area (Å²) in [4.78, 5) is 38.1. The van der Waals surface area contributed by atoms with Crippen LogP contribution in [0.2, 0.25) is 0 Å². The van der Waals surface area contributed by atoms with Gasteiger partial charge in [-0.2, -0.15) is 0 Å². The normalized spacial score (nSPS) is 12.0. The molecule has 69 heavy (non-hydrogen) atoms. The predicted molar refractivity (Wildman–Crippen MR) is 298 cm³/mol. The van der Waals surface area contributed by atoms with Crippen molar-refractivity contribution in [1.82, 2.24) is 0 Å². The SMILES string of the molecule is CCCCCCCC/C=C\CCCCCCCCCC(=O)OC(COC(=O)CCCCCCCCCCC)COC(=O)CCCCCCCCCCCCCCCCCCCCCCCCCCC. The number of hydrogen-bond acceptors (Lipinski definition) is 6. The number of carbonyl (C=O) groups is 3. The standard InChI is InChI=1S/C63H120O6/c1-4-7-10-13-16-19-21-23-25-27-28-29-30-31-32-33-34-36-37-39-41-44-47-50-53-56-62(65)68-59-60(58-67-61(64)55-52-49-46-43-18-15-12-9-6-3)69-63(66)57-54-51-48-45-42-40-38-35-26-24-22-20-17-14-11-8-5-2/h24,26,60H,4-23,25,27-59H2,1-3H3/b26-24-. The highest BCUT2D eigenvalue weighted by atomic mass is 16.6. The molecule has 0 aromatic heterocycles. The Labute approximate surface area is 431 Å². The van der Waals surface area contributed by atoms with Crippen LogP contribution in [0, 0.1) is 0 Å². The fourth-order valence-corrected chi connectivity index (χ4v) is 9.56. The molecule has 6 heteroatoms. The van der Waals surface area contributed by atoms with Crippen molar-refractivity contribution in [3.63, 3.8) is 0 Å². The maximum atomic E-state index is 12.8. The summed E-state index contributed by atoms with van der Waals surface area (Å²) in [7, 11) is 0. The Bertz CT molecular complexity index is 1070. The van der Waals surface area contributed by atoms with E-state index in [1.54, 1.807) is 0 Å². The summed E-state index contributed by atoms with van der Waals surface area (Å²) < 4.78 is 16.9. The molecule has 0 bridgehead atoms. The largest absolute Gasteiger partial charge is 0.462 e. The Morgan fingerprint density at radius 3 is 0.725 bits per heavy atom. The Kier molecular flexibility index (Phi) is 57.1. The lowest BCUT2D eigenvalue weighted by Crippen LogP contribution is -2.30. The molecule has 0 aliphatic rings. The van der Waals surface area contributed by atoms with E-state index in [4.69, 9.17) is 14.2 Å². The van der Waals surface area contributed by atoms with Crippen molar-refractivity contribution in [2.24, 2.45) is 0 Å². The predicted octanol–water partition coefficient (Wildman–Crippen LogP) is 20.9. The number of rotatable bonds is 58. The minimum absolute atomic E-state index is 0.0659. The Balaban J connectivity index is 4.13. The molecule has 0 rings (SSSR count). The Morgan fingerprint density at radius 2 is 0.478 bits per heavy atom. The molecule has 0 saturated carbocycles. The first-order valence-electron chi connectivity index (χ1n) is 31.2. The van der Waals surface area contributed by atoms with E-state index >= 15 is 0 Å². The van der Waals surface area contributed by atoms with Gasteiger partial charge in [-0.25, -0.2) is 0 Å². The average Bonchev–Trinajstić information content (AvgIpc) is 3.35. The first-order chi connectivity index (χ1) is 34.0. The van der Waals surface area contributed by atoms with Crippen LogP contribution < -0.4 is 0 Å². The molecule has 0 amide bonds. The zero-order valence-corrected chi connectivity index (χ0v) is 46.9. The molecule has 0 aliphatic carbocycles. The van der Waals surface area contributed by atoms with Gasteiger partial charge in [-0.3, -0.25) is 14.4 Å². The molecule has 1 atom stereocenters. The van der Waals surface area contributed by atoms with Crippen molar-refractivity contribution >= 4 is 17.9 Å². The molecule has 0 saturated heterocycles. The fraction of sp³-hybridized carbons (Fsp3) is 0.921. The lowest BCUT2D eigenvalue weighted by molar-refractivity contribution is -0.167. The monoisotopic (exact) mass is 973 g/mol. The topological polar surface area (TPSA) is 78.9 Å². The van der Waals surface area contributed by atoms with E-state index in [0.29, 0.717) is 19.3 Å². The minimum Gasteiger partial charge on any atom is -0.462 e. The molecule has 6 nitrogen and oxygen atoms in total. The lowest BCUT2D eigenvalue weighted by atomic mass is 10.0. The van der Waals surface area contributed by atoms with E-state index in [9.17, 15) is 14.4 Å². The number of unbranched alkanes of at least 4 members (excludes halogenated alkanes) is 45. The molecular formula is C63H120O6. The molecule has 408 valence electrons. The highest BCUT2D eigenvalue weighted by molar-refractivity contribution is 5.71. The number of hydrogen-bond donors (Lipinski definition) is 0. The maximum Gasteiger partial charge on any atom is 0.306 e. The molecule has 0 N–H and O–H groups in total. The third kappa shape index (κ3) is 56.9. The Morgan fingerprint density at radius 1 is 0.275 bits per heavy atom. The van der Waals surface area contributed by atoms with Crippen molar-refractivity contribution in [2.45, 2.75) is 361 Å². The molecular weight excluding hydrogens is 853 g/mol. The van der Waals surface area contributed by atoms with E-state index in [1.807, 2.05) is 0 Å². The van der Waals surface area contributed by atoms with E-state index in [1.165, 1.54) is 257 Å². The second-order valence-electron chi connectivity index (χ2n) is 21.3. The zero-order valence-electron chi connectivity index (χ0n) is 46.9. The van der Waals surface area contributed by atoms with Gasteiger partial charge in [0.15, 0.2) is 6.10 Å². The molecule has 0 spiro atoms. The van der Waals surface area contributed by atoms with Gasteiger partial charge in [-0.1, -0.05) is 303 Å². The van der Waals surface area contributed by atoms with Crippen LogP contribution in [-0.4, -0.2) is 37.2 Å². The summed E-state index contributed by atoms with van der Waals surface area (Å²) in [6, 6.07) is 0. The van der Waals surface area contributed by atoms with E-state index in [2.05, 4.69) is 32.9 Å². The van der Waals surface area contributed by atoms with Gasteiger partial charge in [0.2, 0.25) is 0 Å². The first kappa shape index (κ1) is 67.1. The number of allylic oxidation sites excluding steroid dienone is 2. The second kappa shape index (κ2) is 58.7. The highest BCUT2D eigenvalue weighted by Crippen LogP contribution is 2.18. The lowest BCUT2D eigenvalue weighted by Gasteiger charge is -2.18. The van der Waals surface area contributed by atoms with Crippen LogP contribution in [0.15, 0.2) is 12.2 Å². The molecule has 0 aromatic carbocycles. The van der Waals surface area contributed by atoms with Crippen molar-refractivity contribution < 1.29 is 28.6 Å². The van der Waals surface area contributed by atoms with Crippen LogP contribution in [0.3, 0.4) is 0 Å². The van der Waals surface area contributed by atoms with E-state index in [0.717, 1.165) is 57.8 Å². The maximum absolute atomic E-state index is 12.8. The second-order valence-corrected chi connectivity index (χ2v) is 21.3. The van der Waals surface area contributed by atoms with Gasteiger partial charge in [-0.05, 0) is 44.9 Å². The fourth-order valence-electron chi connectivity index (χ4n) is 9.56. The molecule has 0 aliphatic heterocycles. The van der Waals surface area contributed by atoms with Crippen LogP contribution in [0.1, 0.15) is 355 Å². The molecule has 0 aromatic rings. The molecule has 0 heterocycles. The number of esters is 3. The third-order valence-electron chi connectivity index (χ3n) is 14.3. The van der Waals surface area contributed by atoms with Crippen LogP contribution in [0.25, 0.3) is 0 Å². The summed E-state index contributed by atoms with van der Waals surface area (Å²) in [5.41, 5.74) is 0. The Hall–Kier alpha value is -1.85. The smallest absolute Gasteiger partial charge is 0.306 e. The number of carbonyl (C=O) groups excluding carboxylic acids is 3. The summed E-state index contributed by atoms with van der Waals surface area (Å²) in [5, 5.41) is 0. The van der Waals surface area contributed by atoms with Crippen LogP contribution >= 0.6 is 0 Å². The van der Waals surface area contributed by atoms with Crippen LogP contribution in [-0.2, 0) is 28.6 Å². The summed E-state index contributed by atoms with van der Waals surface area (Å²) in [6.45, 7) is 6.68. The summed E-state index contributed by atoms with van der Waals surface area (Å²) in [5.74, 6) is -0.848. The van der Waals surface area contributed by atoms with Crippen molar-refractivity contribution in [2.75, 3.05) is 13.2 Å². The van der Waals surface area contributed by atoms with Crippen molar-refractivity contribution in [1.29, 1.82) is 0 Å². The average molecular weight is 974 g/mol.